The lowest BCUT2D eigenvalue weighted by atomic mass is 9.87. The number of nitriles is 1. The van der Waals surface area contributed by atoms with Crippen LogP contribution < -0.4 is 20.9 Å². The Hall–Kier alpha value is -3.74. The summed E-state index contributed by atoms with van der Waals surface area (Å²) >= 11 is 6.84. The third-order valence-electron chi connectivity index (χ3n) is 7.20. The van der Waals surface area contributed by atoms with Crippen LogP contribution in [0, 0.1) is 17.9 Å². The van der Waals surface area contributed by atoms with Gasteiger partial charge in [0.1, 0.15) is 0 Å². The summed E-state index contributed by atoms with van der Waals surface area (Å²) in [4.78, 5) is 14.5. The molecule has 2 aliphatic carbocycles. The molecule has 6 rings (SSSR count). The zero-order chi connectivity index (χ0) is 26.4. The van der Waals surface area contributed by atoms with Crippen molar-refractivity contribution in [3.8, 4) is 6.07 Å². The summed E-state index contributed by atoms with van der Waals surface area (Å²) in [6.45, 7) is 8.79. The molecule has 3 aliphatic rings. The fourth-order valence-corrected chi connectivity index (χ4v) is 5.31. The van der Waals surface area contributed by atoms with Gasteiger partial charge in [0.05, 0.1) is 34.2 Å². The number of halogens is 3. The Morgan fingerprint density at radius 1 is 1.13 bits per heavy atom. The van der Waals surface area contributed by atoms with E-state index in [0.29, 0.717) is 52.6 Å². The normalized spacial score (nSPS) is 19.6. The van der Waals surface area contributed by atoms with E-state index in [9.17, 15) is 14.0 Å². The number of benzene rings is 1. The first-order valence-corrected chi connectivity index (χ1v) is 13.0. The molecule has 38 heavy (non-hydrogen) atoms. The minimum Gasteiger partial charge on any atom is -0.370 e. The molecule has 0 amide bonds. The highest BCUT2D eigenvalue weighted by atomic mass is 35.5. The summed E-state index contributed by atoms with van der Waals surface area (Å²) in [6, 6.07) is 5.94. The van der Waals surface area contributed by atoms with Crippen molar-refractivity contribution in [3.05, 3.63) is 40.3 Å². The second-order valence-electron chi connectivity index (χ2n) is 10.1. The van der Waals surface area contributed by atoms with Gasteiger partial charge >= 0.3 is 0 Å². The summed E-state index contributed by atoms with van der Waals surface area (Å²) in [5.41, 5.74) is 2.07. The molecule has 0 spiro atoms. The maximum atomic E-state index is 13.2. The molecular formula is C25H25ClF2N10. The van der Waals surface area contributed by atoms with Crippen LogP contribution in [-0.2, 0) is 0 Å². The van der Waals surface area contributed by atoms with Gasteiger partial charge < -0.3 is 25.7 Å². The standard InChI is InChI=1S/C25H25ClF2N10/c1-30-20-13-31-23-22(33-15-2-3-15)35-24(36-38(20)23)34-18-8-14(12-29)9-19(21(18)26)37-6-4-16(5-7-37)32-17-10-25(27,28)11-17/h8-9,13,15-17,32H,2-7,10-11H2,(H2,33,34,35,36). The van der Waals surface area contributed by atoms with Crippen molar-refractivity contribution in [3.63, 3.8) is 0 Å². The van der Waals surface area contributed by atoms with Gasteiger partial charge in [-0.1, -0.05) is 23.3 Å². The largest absolute Gasteiger partial charge is 0.370 e. The Balaban J connectivity index is 1.23. The van der Waals surface area contributed by atoms with E-state index < -0.39 is 5.92 Å². The Morgan fingerprint density at radius 3 is 2.55 bits per heavy atom. The minimum atomic E-state index is -2.54. The Morgan fingerprint density at radius 2 is 1.89 bits per heavy atom. The van der Waals surface area contributed by atoms with Crippen LogP contribution in [0.2, 0.25) is 5.02 Å². The van der Waals surface area contributed by atoms with Gasteiger partial charge in [-0.2, -0.15) is 10.2 Å². The molecular weight excluding hydrogens is 514 g/mol. The monoisotopic (exact) mass is 538 g/mol. The maximum Gasteiger partial charge on any atom is 0.275 e. The molecule has 196 valence electrons. The summed E-state index contributed by atoms with van der Waals surface area (Å²) < 4.78 is 27.8. The van der Waals surface area contributed by atoms with Crippen molar-refractivity contribution in [2.45, 2.75) is 62.6 Å². The van der Waals surface area contributed by atoms with E-state index in [1.807, 2.05) is 0 Å². The molecule has 2 aromatic heterocycles. The number of nitrogens with one attached hydrogen (secondary N) is 3. The Labute approximate surface area is 222 Å². The third kappa shape index (κ3) is 4.89. The first kappa shape index (κ1) is 24.6. The van der Waals surface area contributed by atoms with Crippen LogP contribution >= 0.6 is 11.6 Å². The number of rotatable bonds is 7. The van der Waals surface area contributed by atoms with E-state index in [-0.39, 0.29) is 36.7 Å². The number of anilines is 4. The molecule has 1 aromatic carbocycles. The molecule has 3 aromatic rings. The van der Waals surface area contributed by atoms with Gasteiger partial charge in [0.25, 0.3) is 23.3 Å². The average molecular weight is 539 g/mol. The van der Waals surface area contributed by atoms with E-state index in [1.54, 1.807) is 12.1 Å². The second kappa shape index (κ2) is 9.53. The lowest BCUT2D eigenvalue weighted by molar-refractivity contribution is -0.0951. The van der Waals surface area contributed by atoms with Gasteiger partial charge in [0.2, 0.25) is 0 Å². The van der Waals surface area contributed by atoms with Crippen molar-refractivity contribution < 1.29 is 8.78 Å². The quantitative estimate of drug-likeness (QED) is 0.365. The second-order valence-corrected chi connectivity index (χ2v) is 10.5. The molecule has 1 saturated heterocycles. The van der Waals surface area contributed by atoms with E-state index in [4.69, 9.17) is 18.2 Å². The van der Waals surface area contributed by atoms with E-state index in [2.05, 4.69) is 46.8 Å². The fourth-order valence-electron chi connectivity index (χ4n) is 5.03. The van der Waals surface area contributed by atoms with Crippen LogP contribution in [0.3, 0.4) is 0 Å². The minimum absolute atomic E-state index is 0.0967. The predicted octanol–water partition coefficient (Wildman–Crippen LogP) is 4.87. The number of nitrogens with zero attached hydrogens (tertiary/aromatic N) is 7. The Kier molecular flexibility index (Phi) is 6.17. The molecule has 3 heterocycles. The van der Waals surface area contributed by atoms with Gasteiger partial charge in [0, 0.05) is 44.1 Å². The lowest BCUT2D eigenvalue weighted by Crippen LogP contribution is -2.54. The van der Waals surface area contributed by atoms with Crippen LogP contribution in [0.1, 0.15) is 44.1 Å². The van der Waals surface area contributed by atoms with Crippen molar-refractivity contribution in [1.29, 1.82) is 5.26 Å². The van der Waals surface area contributed by atoms with Gasteiger partial charge in [-0.15, -0.1) is 4.52 Å². The zero-order valence-corrected chi connectivity index (χ0v) is 21.1. The number of hydrogen-bond donors (Lipinski definition) is 3. The van der Waals surface area contributed by atoms with Crippen molar-refractivity contribution in [1.82, 2.24) is 24.9 Å². The maximum absolute atomic E-state index is 13.2. The van der Waals surface area contributed by atoms with Crippen LogP contribution in [0.5, 0.6) is 0 Å². The first-order chi connectivity index (χ1) is 18.3. The van der Waals surface area contributed by atoms with Crippen molar-refractivity contribution >= 4 is 46.2 Å². The molecule has 0 unspecified atom stereocenters. The highest BCUT2D eigenvalue weighted by Crippen LogP contribution is 2.39. The molecule has 0 atom stereocenters. The molecule has 3 N–H and O–H groups in total. The van der Waals surface area contributed by atoms with Gasteiger partial charge in [0.15, 0.2) is 5.82 Å². The fraction of sp³-hybridized carbons (Fsp3) is 0.480. The van der Waals surface area contributed by atoms with Crippen molar-refractivity contribution in [2.75, 3.05) is 28.6 Å². The molecule has 3 fully saturated rings. The SMILES string of the molecule is [C-]#[N+]c1cnc2c(NC3CC3)nc(Nc3cc(C#N)cc(N4CCC(NC5CC(F)(F)C5)CC4)c3Cl)nn12. The molecule has 2 saturated carbocycles. The number of aromatic nitrogens is 4. The summed E-state index contributed by atoms with van der Waals surface area (Å²) in [7, 11) is 0. The van der Waals surface area contributed by atoms with Crippen LogP contribution in [0.15, 0.2) is 18.3 Å². The van der Waals surface area contributed by atoms with Crippen molar-refractivity contribution in [2.24, 2.45) is 0 Å². The van der Waals surface area contributed by atoms with Gasteiger partial charge in [-0.05, 0) is 37.8 Å². The van der Waals surface area contributed by atoms with Crippen LogP contribution in [0.25, 0.3) is 10.5 Å². The molecule has 0 bridgehead atoms. The van der Waals surface area contributed by atoms with E-state index in [0.717, 1.165) is 25.7 Å². The number of piperidine rings is 1. The van der Waals surface area contributed by atoms with E-state index >= 15 is 0 Å². The number of alkyl halides is 2. The topological polar surface area (TPSA) is 111 Å². The Bertz CT molecular complexity index is 1460. The summed E-state index contributed by atoms with van der Waals surface area (Å²) in [5, 5.41) is 24.4. The average Bonchev–Trinajstić information content (AvgIpc) is 3.60. The highest BCUT2D eigenvalue weighted by molar-refractivity contribution is 6.36. The molecule has 10 nitrogen and oxygen atoms in total. The zero-order valence-electron chi connectivity index (χ0n) is 20.4. The number of imidazole rings is 1. The molecule has 0 radical (unpaired) electrons. The third-order valence-corrected chi connectivity index (χ3v) is 7.60. The first-order valence-electron chi connectivity index (χ1n) is 12.6. The van der Waals surface area contributed by atoms with Crippen LogP contribution in [0.4, 0.5) is 37.7 Å². The van der Waals surface area contributed by atoms with E-state index in [1.165, 1.54) is 10.7 Å². The lowest BCUT2D eigenvalue weighted by Gasteiger charge is -2.41. The highest BCUT2D eigenvalue weighted by Gasteiger charge is 2.45. The smallest absolute Gasteiger partial charge is 0.275 e. The van der Waals surface area contributed by atoms with Gasteiger partial charge in [-0.25, -0.2) is 13.8 Å². The molecule has 1 aliphatic heterocycles. The van der Waals surface area contributed by atoms with Gasteiger partial charge in [-0.3, -0.25) is 0 Å². The molecule has 13 heteroatoms. The predicted molar refractivity (Wildman–Crippen MR) is 139 cm³/mol. The number of fused-ring (bicyclic) bond motifs is 1. The summed E-state index contributed by atoms with van der Waals surface area (Å²) in [5.74, 6) is -1.55. The van der Waals surface area contributed by atoms with Crippen LogP contribution in [-0.4, -0.2) is 56.7 Å². The number of hydrogen-bond acceptors (Lipinski definition) is 8. The summed E-state index contributed by atoms with van der Waals surface area (Å²) in [6.07, 6.45) is 4.90.